The molecule has 2 aromatic carbocycles. The van der Waals surface area contributed by atoms with Crippen molar-refractivity contribution in [3.05, 3.63) is 48.0 Å². The average Bonchev–Trinajstić information content (AvgIpc) is 2.70. The number of hydrogen-bond donors (Lipinski definition) is 1. The van der Waals surface area contributed by atoms with Crippen molar-refractivity contribution in [3.8, 4) is 0 Å². The first kappa shape index (κ1) is 23.9. The Morgan fingerprint density at radius 1 is 1.03 bits per heavy atom. The predicted molar refractivity (Wildman–Crippen MR) is 118 cm³/mol. The van der Waals surface area contributed by atoms with Gasteiger partial charge in [0.15, 0.2) is 0 Å². The van der Waals surface area contributed by atoms with Crippen molar-refractivity contribution in [1.82, 2.24) is 4.72 Å². The first-order valence-electron chi connectivity index (χ1n) is 9.40. The Hall–Kier alpha value is -1.37. The summed E-state index contributed by atoms with van der Waals surface area (Å²) in [6.45, 7) is 7.56. The van der Waals surface area contributed by atoms with Crippen LogP contribution in [0.2, 0.25) is 0 Å². The molecule has 0 spiro atoms. The molecule has 0 bridgehead atoms. The van der Waals surface area contributed by atoms with Gasteiger partial charge >= 0.3 is 7.60 Å². The quantitative estimate of drug-likeness (QED) is 0.562. The van der Waals surface area contributed by atoms with Crippen molar-refractivity contribution in [3.63, 3.8) is 0 Å². The van der Waals surface area contributed by atoms with Gasteiger partial charge in [0.1, 0.15) is 0 Å². The van der Waals surface area contributed by atoms with E-state index < -0.39 is 34.4 Å². The van der Waals surface area contributed by atoms with Crippen LogP contribution < -0.4 is 4.72 Å². The molecule has 0 aliphatic carbocycles. The number of carbonyl (C=O) groups is 1. The zero-order valence-corrected chi connectivity index (χ0v) is 19.6. The van der Waals surface area contributed by atoms with Crippen LogP contribution in [0.15, 0.2) is 42.5 Å². The van der Waals surface area contributed by atoms with E-state index in [0.717, 1.165) is 16.3 Å². The van der Waals surface area contributed by atoms with Gasteiger partial charge in [-0.3, -0.25) is 9.36 Å². The molecule has 0 aliphatic rings. The van der Waals surface area contributed by atoms with Gasteiger partial charge in [-0.05, 0) is 50.5 Å². The molecule has 0 amide bonds. The minimum Gasteiger partial charge on any atom is -0.307 e. The monoisotopic (exact) mass is 439 g/mol. The highest BCUT2D eigenvalue weighted by Crippen LogP contribution is 2.49. The summed E-state index contributed by atoms with van der Waals surface area (Å²) >= 11 is 0. The highest BCUT2D eigenvalue weighted by atomic mass is 32.2. The van der Waals surface area contributed by atoms with E-state index in [2.05, 4.69) is 4.72 Å². The van der Waals surface area contributed by atoms with E-state index in [-0.39, 0.29) is 12.8 Å². The number of carbonyl (C=O) groups excluding carboxylic acids is 1. The van der Waals surface area contributed by atoms with Crippen molar-refractivity contribution in [2.24, 2.45) is 0 Å². The Labute approximate surface area is 175 Å². The minimum absolute atomic E-state index is 0.0486. The second kappa shape index (κ2) is 9.19. The van der Waals surface area contributed by atoms with Crippen molar-refractivity contribution in [1.29, 1.82) is 0 Å². The second-order valence-corrected chi connectivity index (χ2v) is 12.3. The number of nitrogens with one attached hydrogen (secondary N) is 1. The van der Waals surface area contributed by atoms with Gasteiger partial charge in [0.2, 0.25) is 5.52 Å². The molecule has 2 rings (SSSR count). The number of benzene rings is 2. The molecular weight excluding hydrogens is 409 g/mol. The lowest BCUT2D eigenvalue weighted by molar-refractivity contribution is -0.114. The van der Waals surface area contributed by atoms with E-state index in [1.807, 2.05) is 70.2 Å². The molecule has 0 radical (unpaired) electrons. The minimum atomic E-state index is -3.81. The normalized spacial score (nSPS) is 15.8. The van der Waals surface area contributed by atoms with E-state index in [1.54, 1.807) is 0 Å². The SMILES string of the molecule is COP(=O)(OC)C(=O)CC[C@](C)(NS(=O)C(C)(C)C)c1cccc2ccccc12. The summed E-state index contributed by atoms with van der Waals surface area (Å²) in [6, 6.07) is 13.8. The van der Waals surface area contributed by atoms with Crippen LogP contribution in [0.5, 0.6) is 0 Å². The molecule has 0 saturated heterocycles. The van der Waals surface area contributed by atoms with Crippen molar-refractivity contribution in [2.75, 3.05) is 14.2 Å². The second-order valence-electron chi connectivity index (χ2n) is 8.10. The Morgan fingerprint density at radius 3 is 2.21 bits per heavy atom. The summed E-state index contributed by atoms with van der Waals surface area (Å²) in [6.07, 6.45) is 0.228. The van der Waals surface area contributed by atoms with E-state index in [9.17, 15) is 13.6 Å². The van der Waals surface area contributed by atoms with Gasteiger partial charge in [-0.25, -0.2) is 8.93 Å². The summed E-state index contributed by atoms with van der Waals surface area (Å²) in [7, 11) is -2.80. The molecule has 6 nitrogen and oxygen atoms in total. The first-order valence-corrected chi connectivity index (χ1v) is 12.1. The summed E-state index contributed by atoms with van der Waals surface area (Å²) in [4.78, 5) is 12.5. The molecular formula is C21H30NO5PS. The standard InChI is InChI=1S/C21H30NO5PS/c1-20(2,3)29(25)22-21(4,15-14-19(23)28(24,26-5)27-6)18-13-9-11-16-10-7-8-12-17(16)18/h7-13,22H,14-15H2,1-6H3/t21-,29?/m0/s1. The average molecular weight is 440 g/mol. The fourth-order valence-electron chi connectivity index (χ4n) is 3.08. The lowest BCUT2D eigenvalue weighted by Gasteiger charge is -2.35. The number of rotatable bonds is 9. The van der Waals surface area contributed by atoms with Gasteiger partial charge in [-0.15, -0.1) is 0 Å². The van der Waals surface area contributed by atoms with Crippen LogP contribution in [0.3, 0.4) is 0 Å². The summed E-state index contributed by atoms with van der Waals surface area (Å²) < 4.78 is 37.8. The molecule has 2 atom stereocenters. The molecule has 160 valence electrons. The highest BCUT2D eigenvalue weighted by Gasteiger charge is 2.38. The van der Waals surface area contributed by atoms with Gasteiger partial charge in [0.25, 0.3) is 0 Å². The highest BCUT2D eigenvalue weighted by molar-refractivity contribution is 7.84. The summed E-state index contributed by atoms with van der Waals surface area (Å²) in [5.41, 5.74) is -0.482. The van der Waals surface area contributed by atoms with Crippen LogP contribution in [0.4, 0.5) is 0 Å². The summed E-state index contributed by atoms with van der Waals surface area (Å²) in [5, 5.41) is 2.05. The fraction of sp³-hybridized carbons (Fsp3) is 0.476. The van der Waals surface area contributed by atoms with E-state index in [1.165, 1.54) is 14.2 Å². The molecule has 1 unspecified atom stereocenters. The van der Waals surface area contributed by atoms with Crippen LogP contribution in [-0.2, 0) is 34.9 Å². The molecule has 0 saturated carbocycles. The van der Waals surface area contributed by atoms with Crippen molar-refractivity contribution >= 4 is 34.9 Å². The zero-order chi connectivity index (χ0) is 21.9. The van der Waals surface area contributed by atoms with E-state index in [4.69, 9.17) is 9.05 Å². The fourth-order valence-corrected chi connectivity index (χ4v) is 4.95. The van der Waals surface area contributed by atoms with Crippen molar-refractivity contribution in [2.45, 2.75) is 50.8 Å². The molecule has 1 N–H and O–H groups in total. The first-order chi connectivity index (χ1) is 13.5. The Kier molecular flexibility index (Phi) is 7.57. The van der Waals surface area contributed by atoms with Gasteiger partial charge in [0.05, 0.1) is 21.3 Å². The van der Waals surface area contributed by atoms with Gasteiger partial charge < -0.3 is 9.05 Å². The third-order valence-electron chi connectivity index (χ3n) is 4.88. The van der Waals surface area contributed by atoms with Crippen molar-refractivity contribution < 1.29 is 22.6 Å². The smallest absolute Gasteiger partial charge is 0.307 e. The number of hydrogen-bond acceptors (Lipinski definition) is 5. The molecule has 0 aliphatic heterocycles. The molecule has 0 fully saturated rings. The largest absolute Gasteiger partial charge is 0.396 e. The maximum Gasteiger partial charge on any atom is 0.396 e. The van der Waals surface area contributed by atoms with E-state index >= 15 is 0 Å². The molecule has 2 aromatic rings. The van der Waals surface area contributed by atoms with Crippen LogP contribution in [-0.4, -0.2) is 28.7 Å². The lowest BCUT2D eigenvalue weighted by Crippen LogP contribution is -2.46. The maximum absolute atomic E-state index is 13.0. The third kappa shape index (κ3) is 5.41. The van der Waals surface area contributed by atoms with Crippen LogP contribution in [0.25, 0.3) is 10.8 Å². The number of fused-ring (bicyclic) bond motifs is 1. The molecule has 8 heteroatoms. The Morgan fingerprint density at radius 2 is 1.62 bits per heavy atom. The lowest BCUT2D eigenvalue weighted by atomic mass is 9.85. The topological polar surface area (TPSA) is 81.7 Å². The molecule has 0 aromatic heterocycles. The Balaban J connectivity index is 2.48. The van der Waals surface area contributed by atoms with Crippen LogP contribution >= 0.6 is 7.60 Å². The maximum atomic E-state index is 13.0. The third-order valence-corrected chi connectivity index (χ3v) is 8.43. The Bertz CT molecular complexity index is 942. The van der Waals surface area contributed by atoms with Gasteiger partial charge in [-0.2, -0.15) is 0 Å². The van der Waals surface area contributed by atoms with Crippen LogP contribution in [0.1, 0.15) is 46.1 Å². The van der Waals surface area contributed by atoms with Gasteiger partial charge in [-0.1, -0.05) is 42.5 Å². The van der Waals surface area contributed by atoms with Gasteiger partial charge in [0, 0.05) is 20.6 Å². The molecule has 0 heterocycles. The van der Waals surface area contributed by atoms with Crippen LogP contribution in [0, 0.1) is 0 Å². The predicted octanol–water partition coefficient (Wildman–Crippen LogP) is 4.90. The van der Waals surface area contributed by atoms with E-state index in [0.29, 0.717) is 0 Å². The molecule has 29 heavy (non-hydrogen) atoms. The zero-order valence-electron chi connectivity index (χ0n) is 17.9. The summed E-state index contributed by atoms with van der Waals surface area (Å²) in [5.74, 6) is 0.